The van der Waals surface area contributed by atoms with Gasteiger partial charge in [-0.25, -0.2) is 0 Å². The Labute approximate surface area is 50.0 Å². The maximum atomic E-state index is 4.15. The van der Waals surface area contributed by atoms with Crippen molar-refractivity contribution in [3.63, 3.8) is 0 Å². The molecule has 1 unspecified atom stereocenters. The molecule has 8 heavy (non-hydrogen) atoms. The third kappa shape index (κ3) is 1.30. The number of nitrogens with one attached hydrogen (secondary N) is 1. The molecule has 0 saturated heterocycles. The van der Waals surface area contributed by atoms with Crippen LogP contribution in [-0.2, 0) is 0 Å². The lowest BCUT2D eigenvalue weighted by atomic mass is 10.2. The van der Waals surface area contributed by atoms with Crippen molar-refractivity contribution in [1.29, 1.82) is 0 Å². The van der Waals surface area contributed by atoms with Gasteiger partial charge in [-0.2, -0.15) is 0 Å². The average Bonchev–Trinajstić information content (AvgIpc) is 1.64. The monoisotopic (exact) mass is 112 g/mol. The van der Waals surface area contributed by atoms with Gasteiger partial charge < -0.3 is 5.32 Å². The summed E-state index contributed by atoms with van der Waals surface area (Å²) in [6, 6.07) is 1.04. The lowest BCUT2D eigenvalue weighted by Crippen LogP contribution is -2.40. The summed E-state index contributed by atoms with van der Waals surface area (Å²) < 4.78 is 0. The first-order chi connectivity index (χ1) is 3.79. The van der Waals surface area contributed by atoms with Gasteiger partial charge in [-0.3, -0.25) is 4.99 Å². The third-order valence-corrected chi connectivity index (χ3v) is 1.26. The Morgan fingerprint density at radius 1 is 1.62 bits per heavy atom. The lowest BCUT2D eigenvalue weighted by Gasteiger charge is -2.19. The standard InChI is InChI=1S/C6H12N2/c1-5-3-7-4-6(2)8-5/h3,5-6,8H,4H2,1-2H3/t5-,6?/m0/s1. The Kier molecular flexibility index (Phi) is 1.63. The molecule has 0 spiro atoms. The SMILES string of the molecule is CC1CN=C[C@H](C)N1. The highest BCUT2D eigenvalue weighted by Crippen LogP contribution is 1.91. The van der Waals surface area contributed by atoms with Crippen molar-refractivity contribution < 1.29 is 0 Å². The van der Waals surface area contributed by atoms with E-state index in [2.05, 4.69) is 24.2 Å². The van der Waals surface area contributed by atoms with Crippen LogP contribution in [0.2, 0.25) is 0 Å². The highest BCUT2D eigenvalue weighted by atomic mass is 15.0. The summed E-state index contributed by atoms with van der Waals surface area (Å²) in [4.78, 5) is 4.15. The van der Waals surface area contributed by atoms with E-state index in [0.29, 0.717) is 12.1 Å². The van der Waals surface area contributed by atoms with Crippen molar-refractivity contribution in [2.75, 3.05) is 6.54 Å². The van der Waals surface area contributed by atoms with Gasteiger partial charge in [0, 0.05) is 18.3 Å². The van der Waals surface area contributed by atoms with E-state index < -0.39 is 0 Å². The van der Waals surface area contributed by atoms with Crippen LogP contribution in [0.5, 0.6) is 0 Å². The van der Waals surface area contributed by atoms with Gasteiger partial charge in [0.2, 0.25) is 0 Å². The average molecular weight is 112 g/mol. The van der Waals surface area contributed by atoms with Gasteiger partial charge in [0.05, 0.1) is 6.54 Å². The molecule has 0 fully saturated rings. The number of aliphatic imine (C=N–C) groups is 1. The van der Waals surface area contributed by atoms with Crippen LogP contribution in [0.15, 0.2) is 4.99 Å². The molecule has 0 bridgehead atoms. The molecule has 0 aromatic heterocycles. The highest BCUT2D eigenvalue weighted by molar-refractivity contribution is 5.64. The molecule has 0 radical (unpaired) electrons. The summed E-state index contributed by atoms with van der Waals surface area (Å²) in [6.45, 7) is 5.19. The topological polar surface area (TPSA) is 24.4 Å². The van der Waals surface area contributed by atoms with Gasteiger partial charge in [0.25, 0.3) is 0 Å². The van der Waals surface area contributed by atoms with Crippen LogP contribution in [0.25, 0.3) is 0 Å². The van der Waals surface area contributed by atoms with Crippen molar-refractivity contribution in [3.05, 3.63) is 0 Å². The van der Waals surface area contributed by atoms with Gasteiger partial charge >= 0.3 is 0 Å². The quantitative estimate of drug-likeness (QED) is 0.483. The lowest BCUT2D eigenvalue weighted by molar-refractivity contribution is 0.522. The Balaban J connectivity index is 2.42. The fraction of sp³-hybridized carbons (Fsp3) is 0.833. The molecule has 46 valence electrons. The molecule has 1 rings (SSSR count). The van der Waals surface area contributed by atoms with E-state index in [1.807, 2.05) is 6.21 Å². The molecule has 0 saturated carbocycles. The smallest absolute Gasteiger partial charge is 0.0537 e. The van der Waals surface area contributed by atoms with Gasteiger partial charge in [-0.15, -0.1) is 0 Å². The number of rotatable bonds is 0. The van der Waals surface area contributed by atoms with E-state index >= 15 is 0 Å². The van der Waals surface area contributed by atoms with Crippen LogP contribution >= 0.6 is 0 Å². The van der Waals surface area contributed by atoms with E-state index in [1.54, 1.807) is 0 Å². The van der Waals surface area contributed by atoms with E-state index in [-0.39, 0.29) is 0 Å². The zero-order chi connectivity index (χ0) is 5.98. The summed E-state index contributed by atoms with van der Waals surface area (Å²) in [7, 11) is 0. The van der Waals surface area contributed by atoms with Crippen LogP contribution < -0.4 is 5.32 Å². The molecule has 0 aromatic carbocycles. The molecule has 1 aliphatic heterocycles. The molecule has 2 atom stereocenters. The molecule has 0 aliphatic carbocycles. The second kappa shape index (κ2) is 2.27. The molecular formula is C6H12N2. The first-order valence-corrected chi connectivity index (χ1v) is 3.05. The van der Waals surface area contributed by atoms with E-state index in [0.717, 1.165) is 6.54 Å². The summed E-state index contributed by atoms with van der Waals surface area (Å²) >= 11 is 0. The van der Waals surface area contributed by atoms with Gasteiger partial charge in [0.1, 0.15) is 0 Å². The Morgan fingerprint density at radius 3 is 2.75 bits per heavy atom. The van der Waals surface area contributed by atoms with Gasteiger partial charge in [-0.1, -0.05) is 0 Å². The van der Waals surface area contributed by atoms with Gasteiger partial charge in [0.15, 0.2) is 0 Å². The molecule has 1 N–H and O–H groups in total. The Bertz CT molecular complexity index is 98.7. The van der Waals surface area contributed by atoms with E-state index in [4.69, 9.17) is 0 Å². The van der Waals surface area contributed by atoms with Crippen LogP contribution in [0.3, 0.4) is 0 Å². The van der Waals surface area contributed by atoms with Crippen LogP contribution in [-0.4, -0.2) is 24.8 Å². The Hall–Kier alpha value is -0.370. The molecule has 1 aliphatic rings. The fourth-order valence-corrected chi connectivity index (χ4v) is 0.922. The summed E-state index contributed by atoms with van der Waals surface area (Å²) in [5, 5.41) is 3.33. The minimum atomic E-state index is 0.471. The molecule has 0 aromatic rings. The Morgan fingerprint density at radius 2 is 2.38 bits per heavy atom. The molecular weight excluding hydrogens is 100 g/mol. The minimum Gasteiger partial charge on any atom is -0.305 e. The zero-order valence-electron chi connectivity index (χ0n) is 5.39. The summed E-state index contributed by atoms with van der Waals surface area (Å²) in [5.74, 6) is 0. The minimum absolute atomic E-state index is 0.471. The van der Waals surface area contributed by atoms with Crippen molar-refractivity contribution in [1.82, 2.24) is 5.32 Å². The van der Waals surface area contributed by atoms with Crippen molar-refractivity contribution >= 4 is 6.21 Å². The predicted molar refractivity (Wildman–Crippen MR) is 35.4 cm³/mol. The summed E-state index contributed by atoms with van der Waals surface area (Å²) in [6.07, 6.45) is 1.96. The summed E-state index contributed by atoms with van der Waals surface area (Å²) in [5.41, 5.74) is 0. The second-order valence-electron chi connectivity index (χ2n) is 2.37. The first kappa shape index (κ1) is 5.76. The zero-order valence-corrected chi connectivity index (χ0v) is 5.39. The fourth-order valence-electron chi connectivity index (χ4n) is 0.922. The molecule has 0 amide bonds. The molecule has 2 nitrogen and oxygen atoms in total. The predicted octanol–water partition coefficient (Wildman–Crippen LogP) is 0.437. The van der Waals surface area contributed by atoms with E-state index in [1.165, 1.54) is 0 Å². The second-order valence-corrected chi connectivity index (χ2v) is 2.37. The maximum absolute atomic E-state index is 4.15. The maximum Gasteiger partial charge on any atom is 0.0537 e. The number of hydrogen-bond acceptors (Lipinski definition) is 2. The first-order valence-electron chi connectivity index (χ1n) is 3.05. The normalized spacial score (nSPS) is 37.8. The van der Waals surface area contributed by atoms with Crippen LogP contribution in [0.1, 0.15) is 13.8 Å². The molecule has 2 heteroatoms. The largest absolute Gasteiger partial charge is 0.305 e. The number of hydrogen-bond donors (Lipinski definition) is 1. The molecule has 1 heterocycles. The van der Waals surface area contributed by atoms with Crippen molar-refractivity contribution in [2.45, 2.75) is 25.9 Å². The van der Waals surface area contributed by atoms with Crippen molar-refractivity contribution in [3.8, 4) is 0 Å². The third-order valence-electron chi connectivity index (χ3n) is 1.26. The van der Waals surface area contributed by atoms with E-state index in [9.17, 15) is 0 Å². The van der Waals surface area contributed by atoms with Crippen LogP contribution in [0, 0.1) is 0 Å². The van der Waals surface area contributed by atoms with Crippen molar-refractivity contribution in [2.24, 2.45) is 4.99 Å². The van der Waals surface area contributed by atoms with Gasteiger partial charge in [-0.05, 0) is 13.8 Å². The highest BCUT2D eigenvalue weighted by Gasteiger charge is 2.07. The van der Waals surface area contributed by atoms with Crippen LogP contribution in [0.4, 0.5) is 0 Å². The number of nitrogens with zero attached hydrogens (tertiary/aromatic N) is 1.